The Morgan fingerprint density at radius 1 is 1.40 bits per heavy atom. The number of anilines is 1. The topological polar surface area (TPSA) is 21.3 Å². The highest BCUT2D eigenvalue weighted by Crippen LogP contribution is 2.39. The predicted molar refractivity (Wildman–Crippen MR) is 63.6 cm³/mol. The normalized spacial score (nSPS) is 22.8. The third kappa shape index (κ3) is 1.69. The molecule has 0 aliphatic carbocycles. The zero-order chi connectivity index (χ0) is 11.1. The first kappa shape index (κ1) is 10.3. The molecule has 0 amide bonds. The molecule has 2 nitrogen and oxygen atoms in total. The second-order valence-corrected chi connectivity index (χ2v) is 4.95. The molecule has 0 saturated carbocycles. The monoisotopic (exact) mass is 205 g/mol. The third-order valence-electron chi connectivity index (χ3n) is 3.54. The van der Waals surface area contributed by atoms with E-state index >= 15 is 0 Å². The quantitative estimate of drug-likeness (QED) is 0.760. The van der Waals surface area contributed by atoms with Crippen LogP contribution in [0.1, 0.15) is 26.3 Å². The molecule has 0 saturated heterocycles. The van der Waals surface area contributed by atoms with Gasteiger partial charge >= 0.3 is 0 Å². The van der Waals surface area contributed by atoms with Gasteiger partial charge in [0.05, 0.1) is 12.8 Å². The molecule has 82 valence electrons. The summed E-state index contributed by atoms with van der Waals surface area (Å²) >= 11 is 0. The van der Waals surface area contributed by atoms with Gasteiger partial charge in [0.2, 0.25) is 0 Å². The summed E-state index contributed by atoms with van der Waals surface area (Å²) in [6.45, 7) is 6.77. The van der Waals surface area contributed by atoms with E-state index in [1.807, 2.05) is 6.07 Å². The van der Waals surface area contributed by atoms with Crippen LogP contribution in [-0.2, 0) is 6.42 Å². The van der Waals surface area contributed by atoms with Crippen molar-refractivity contribution in [3.63, 3.8) is 0 Å². The van der Waals surface area contributed by atoms with E-state index in [-0.39, 0.29) is 5.54 Å². The van der Waals surface area contributed by atoms with Gasteiger partial charge in [0.25, 0.3) is 0 Å². The third-order valence-corrected chi connectivity index (χ3v) is 3.54. The summed E-state index contributed by atoms with van der Waals surface area (Å²) in [6, 6.07) is 6.25. The Labute approximate surface area is 91.6 Å². The number of hydrogen-bond acceptors (Lipinski definition) is 2. The Kier molecular flexibility index (Phi) is 2.37. The first-order valence-corrected chi connectivity index (χ1v) is 5.48. The van der Waals surface area contributed by atoms with Crippen molar-refractivity contribution in [2.24, 2.45) is 5.92 Å². The van der Waals surface area contributed by atoms with Gasteiger partial charge in [-0.1, -0.05) is 19.1 Å². The van der Waals surface area contributed by atoms with Crippen molar-refractivity contribution in [1.82, 2.24) is 0 Å². The van der Waals surface area contributed by atoms with E-state index in [1.165, 1.54) is 11.3 Å². The van der Waals surface area contributed by atoms with E-state index in [1.54, 1.807) is 7.11 Å². The molecule has 0 aromatic heterocycles. The molecule has 0 fully saturated rings. The fourth-order valence-electron chi connectivity index (χ4n) is 2.09. The SMILES string of the molecule is COc1cccc2c1NC(C)(C)C(C)C2. The molecule has 1 N–H and O–H groups in total. The molecule has 0 spiro atoms. The number of hydrogen-bond donors (Lipinski definition) is 1. The van der Waals surface area contributed by atoms with Gasteiger partial charge in [0.15, 0.2) is 0 Å². The van der Waals surface area contributed by atoms with E-state index in [0.717, 1.165) is 12.2 Å². The van der Waals surface area contributed by atoms with Crippen molar-refractivity contribution < 1.29 is 4.74 Å². The number of ether oxygens (including phenoxy) is 1. The maximum Gasteiger partial charge on any atom is 0.142 e. The lowest BCUT2D eigenvalue weighted by Crippen LogP contribution is -2.42. The van der Waals surface area contributed by atoms with Gasteiger partial charge in [0.1, 0.15) is 5.75 Å². The number of para-hydroxylation sites is 1. The maximum atomic E-state index is 5.38. The van der Waals surface area contributed by atoms with Crippen LogP contribution >= 0.6 is 0 Å². The molecular formula is C13H19NO. The van der Waals surface area contributed by atoms with Crippen molar-refractivity contribution in [1.29, 1.82) is 0 Å². The Morgan fingerprint density at radius 2 is 2.13 bits per heavy atom. The number of nitrogens with one attached hydrogen (secondary N) is 1. The molecule has 1 heterocycles. The van der Waals surface area contributed by atoms with Gasteiger partial charge in [-0.15, -0.1) is 0 Å². The van der Waals surface area contributed by atoms with Gasteiger partial charge < -0.3 is 10.1 Å². The Morgan fingerprint density at radius 3 is 2.80 bits per heavy atom. The standard InChI is InChI=1S/C13H19NO/c1-9-8-10-6-5-7-11(15-4)12(10)14-13(9,2)3/h5-7,9,14H,8H2,1-4H3. The fourth-order valence-corrected chi connectivity index (χ4v) is 2.09. The molecule has 2 rings (SSSR count). The van der Waals surface area contributed by atoms with Gasteiger partial charge in [0, 0.05) is 5.54 Å². The smallest absolute Gasteiger partial charge is 0.142 e. The summed E-state index contributed by atoms with van der Waals surface area (Å²) in [7, 11) is 1.72. The molecule has 1 aliphatic heterocycles. The molecule has 2 heteroatoms. The van der Waals surface area contributed by atoms with Gasteiger partial charge in [-0.25, -0.2) is 0 Å². The molecule has 15 heavy (non-hydrogen) atoms. The van der Waals surface area contributed by atoms with Gasteiger partial charge in [-0.05, 0) is 37.8 Å². The zero-order valence-corrected chi connectivity index (χ0v) is 9.92. The van der Waals surface area contributed by atoms with Crippen molar-refractivity contribution in [2.75, 3.05) is 12.4 Å². The number of fused-ring (bicyclic) bond motifs is 1. The minimum atomic E-state index is 0.141. The van der Waals surface area contributed by atoms with E-state index in [0.29, 0.717) is 5.92 Å². The lowest BCUT2D eigenvalue weighted by atomic mass is 9.80. The van der Waals surface area contributed by atoms with Crippen molar-refractivity contribution in [2.45, 2.75) is 32.7 Å². The minimum Gasteiger partial charge on any atom is -0.495 e. The van der Waals surface area contributed by atoms with Crippen LogP contribution in [0, 0.1) is 5.92 Å². The lowest BCUT2D eigenvalue weighted by Gasteiger charge is -2.40. The summed E-state index contributed by atoms with van der Waals surface area (Å²) in [5, 5.41) is 3.58. The Hall–Kier alpha value is -1.18. The second-order valence-electron chi connectivity index (χ2n) is 4.95. The zero-order valence-electron chi connectivity index (χ0n) is 9.92. The lowest BCUT2D eigenvalue weighted by molar-refractivity contribution is 0.354. The second kappa shape index (κ2) is 3.44. The molecule has 0 radical (unpaired) electrons. The molecule has 1 aliphatic rings. The highest BCUT2D eigenvalue weighted by molar-refractivity contribution is 5.65. The van der Waals surface area contributed by atoms with Crippen molar-refractivity contribution >= 4 is 5.69 Å². The predicted octanol–water partition coefficient (Wildman–Crippen LogP) is 3.08. The summed E-state index contributed by atoms with van der Waals surface area (Å²) in [5.74, 6) is 1.59. The van der Waals surface area contributed by atoms with Crippen LogP contribution in [0.15, 0.2) is 18.2 Å². The van der Waals surface area contributed by atoms with E-state index in [4.69, 9.17) is 4.74 Å². The highest BCUT2D eigenvalue weighted by atomic mass is 16.5. The van der Waals surface area contributed by atoms with E-state index in [9.17, 15) is 0 Å². The van der Waals surface area contributed by atoms with Gasteiger partial charge in [-0.3, -0.25) is 0 Å². The molecule has 1 aromatic rings. The first-order chi connectivity index (χ1) is 7.04. The summed E-state index contributed by atoms with van der Waals surface area (Å²) < 4.78 is 5.38. The van der Waals surface area contributed by atoms with Crippen LogP contribution in [0.25, 0.3) is 0 Å². The van der Waals surface area contributed by atoms with Crippen LogP contribution in [-0.4, -0.2) is 12.6 Å². The van der Waals surface area contributed by atoms with Crippen LogP contribution in [0.5, 0.6) is 5.75 Å². The van der Waals surface area contributed by atoms with Crippen molar-refractivity contribution in [3.8, 4) is 5.75 Å². The van der Waals surface area contributed by atoms with Crippen LogP contribution in [0.4, 0.5) is 5.69 Å². The first-order valence-electron chi connectivity index (χ1n) is 5.48. The number of methoxy groups -OCH3 is 1. The summed E-state index contributed by atoms with van der Waals surface area (Å²) in [5.41, 5.74) is 2.67. The average Bonchev–Trinajstić information content (AvgIpc) is 2.18. The Bertz CT molecular complexity index is 371. The fraction of sp³-hybridized carbons (Fsp3) is 0.538. The molecule has 1 atom stereocenters. The van der Waals surface area contributed by atoms with Crippen LogP contribution < -0.4 is 10.1 Å². The highest BCUT2D eigenvalue weighted by Gasteiger charge is 2.32. The van der Waals surface area contributed by atoms with Gasteiger partial charge in [-0.2, -0.15) is 0 Å². The molecular weight excluding hydrogens is 186 g/mol. The number of rotatable bonds is 1. The van der Waals surface area contributed by atoms with Crippen molar-refractivity contribution in [3.05, 3.63) is 23.8 Å². The summed E-state index contributed by atoms with van der Waals surface area (Å²) in [6.07, 6.45) is 1.12. The van der Waals surface area contributed by atoms with Crippen LogP contribution in [0.2, 0.25) is 0 Å². The maximum absolute atomic E-state index is 5.38. The minimum absolute atomic E-state index is 0.141. The molecule has 0 bridgehead atoms. The van der Waals surface area contributed by atoms with Crippen LogP contribution in [0.3, 0.4) is 0 Å². The average molecular weight is 205 g/mol. The number of benzene rings is 1. The van der Waals surface area contributed by atoms with E-state index in [2.05, 4.69) is 38.2 Å². The van der Waals surface area contributed by atoms with E-state index < -0.39 is 0 Å². The Balaban J connectivity index is 2.45. The summed E-state index contributed by atoms with van der Waals surface area (Å²) in [4.78, 5) is 0. The molecule has 1 unspecified atom stereocenters. The largest absolute Gasteiger partial charge is 0.495 e. The molecule has 1 aromatic carbocycles.